The first kappa shape index (κ1) is 36.6. The van der Waals surface area contributed by atoms with E-state index in [1.165, 1.54) is 37.3 Å². The molecular formula is C42H36N4O5S2. The van der Waals surface area contributed by atoms with Crippen molar-refractivity contribution in [2.24, 2.45) is 0 Å². The number of hydrogen-bond donors (Lipinski definition) is 3. The Morgan fingerprint density at radius 1 is 0.774 bits per heavy atom. The van der Waals surface area contributed by atoms with E-state index < -0.39 is 17.1 Å². The molecule has 0 radical (unpaired) electrons. The summed E-state index contributed by atoms with van der Waals surface area (Å²) >= 11 is 2.76. The van der Waals surface area contributed by atoms with Crippen LogP contribution in [0.25, 0.3) is 17.3 Å². The summed E-state index contributed by atoms with van der Waals surface area (Å²) in [7, 11) is 3.06. The van der Waals surface area contributed by atoms with Gasteiger partial charge in [-0.3, -0.25) is 14.4 Å². The highest BCUT2D eigenvalue weighted by molar-refractivity contribution is 8.00. The minimum atomic E-state index is -0.576. The molecule has 0 saturated carbocycles. The summed E-state index contributed by atoms with van der Waals surface area (Å²) < 4.78 is 10.8. The molecule has 5 aromatic carbocycles. The maximum absolute atomic E-state index is 13.7. The van der Waals surface area contributed by atoms with Crippen LogP contribution < -0.4 is 25.4 Å². The third-order valence-electron chi connectivity index (χ3n) is 8.04. The lowest BCUT2D eigenvalue weighted by Crippen LogP contribution is -2.30. The van der Waals surface area contributed by atoms with E-state index in [0.29, 0.717) is 33.4 Å². The Morgan fingerprint density at radius 3 is 2.13 bits per heavy atom. The van der Waals surface area contributed by atoms with E-state index in [4.69, 9.17) is 9.47 Å². The first-order chi connectivity index (χ1) is 25.8. The van der Waals surface area contributed by atoms with Gasteiger partial charge in [0.05, 0.1) is 19.9 Å². The smallest absolute Gasteiger partial charge is 0.272 e. The van der Waals surface area contributed by atoms with Gasteiger partial charge in [0.25, 0.3) is 11.8 Å². The predicted molar refractivity (Wildman–Crippen MR) is 212 cm³/mol. The summed E-state index contributed by atoms with van der Waals surface area (Å²) in [5.74, 6) is -0.162. The second-order valence-corrected chi connectivity index (χ2v) is 13.8. The predicted octanol–water partition coefficient (Wildman–Crippen LogP) is 9.02. The highest BCUT2D eigenvalue weighted by Gasteiger charge is 2.24. The number of thioether (sulfide) groups is 1. The maximum Gasteiger partial charge on any atom is 0.272 e. The van der Waals surface area contributed by atoms with Crippen LogP contribution in [0.1, 0.15) is 32.3 Å². The molecule has 11 heteroatoms. The van der Waals surface area contributed by atoms with Crippen molar-refractivity contribution in [1.29, 1.82) is 0 Å². The summed E-state index contributed by atoms with van der Waals surface area (Å²) in [5, 5.41) is 10.5. The third kappa shape index (κ3) is 9.59. The molecule has 0 aliphatic heterocycles. The molecule has 0 saturated heterocycles. The fraction of sp³-hybridized carbons (Fsp3) is 0.0952. The summed E-state index contributed by atoms with van der Waals surface area (Å²) in [6.07, 6.45) is 1.57. The van der Waals surface area contributed by atoms with Crippen molar-refractivity contribution in [2.45, 2.75) is 17.1 Å². The molecule has 3 amide bonds. The molecule has 3 N–H and O–H groups in total. The highest BCUT2D eigenvalue weighted by Crippen LogP contribution is 2.37. The number of hydrogen-bond acceptors (Lipinski definition) is 8. The monoisotopic (exact) mass is 740 g/mol. The molecule has 0 aliphatic carbocycles. The number of benzene rings is 5. The zero-order valence-electron chi connectivity index (χ0n) is 29.2. The Bertz CT molecular complexity index is 2220. The Hall–Kier alpha value is -6.17. The van der Waals surface area contributed by atoms with Crippen LogP contribution in [-0.4, -0.2) is 36.9 Å². The van der Waals surface area contributed by atoms with E-state index >= 15 is 0 Å². The van der Waals surface area contributed by atoms with Crippen LogP contribution in [0.15, 0.2) is 143 Å². The van der Waals surface area contributed by atoms with Crippen LogP contribution in [0.5, 0.6) is 11.5 Å². The van der Waals surface area contributed by atoms with Crippen LogP contribution in [0.4, 0.5) is 10.8 Å². The van der Waals surface area contributed by atoms with Crippen molar-refractivity contribution >= 4 is 57.7 Å². The van der Waals surface area contributed by atoms with Crippen molar-refractivity contribution < 1.29 is 23.9 Å². The SMILES string of the molecule is COc1ccc(/C=C(\NC(=O)c2ccccc2)C(=O)Nc2ccc(SC(C(=O)Nc3nc(-c4ccc(C)cc4)cs3)c3ccccc3)cc2)cc1OC. The number of ether oxygens (including phenoxy) is 2. The summed E-state index contributed by atoms with van der Waals surface area (Å²) in [6, 6.07) is 38.6. The number of carbonyl (C=O) groups is 3. The van der Waals surface area contributed by atoms with E-state index in [0.717, 1.165) is 27.3 Å². The molecule has 1 atom stereocenters. The zero-order chi connectivity index (χ0) is 37.2. The van der Waals surface area contributed by atoms with Crippen LogP contribution >= 0.6 is 23.1 Å². The number of thiazole rings is 1. The minimum absolute atomic E-state index is 0.0260. The molecular weight excluding hydrogens is 705 g/mol. The number of aromatic nitrogens is 1. The molecule has 1 aromatic heterocycles. The van der Waals surface area contributed by atoms with Crippen molar-refractivity contribution in [3.8, 4) is 22.8 Å². The number of anilines is 2. The second kappa shape index (κ2) is 17.4. The second-order valence-electron chi connectivity index (χ2n) is 11.8. The molecule has 1 heterocycles. The van der Waals surface area contributed by atoms with Gasteiger partial charge >= 0.3 is 0 Å². The molecule has 0 bridgehead atoms. The number of nitrogens with zero attached hydrogens (tertiary/aromatic N) is 1. The van der Waals surface area contributed by atoms with Gasteiger partial charge < -0.3 is 25.4 Å². The van der Waals surface area contributed by atoms with Gasteiger partial charge in [0.15, 0.2) is 16.6 Å². The van der Waals surface area contributed by atoms with Crippen molar-refractivity contribution in [3.05, 3.63) is 161 Å². The van der Waals surface area contributed by atoms with Gasteiger partial charge in [-0.05, 0) is 72.7 Å². The summed E-state index contributed by atoms with van der Waals surface area (Å²) in [4.78, 5) is 46.0. The van der Waals surface area contributed by atoms with Crippen LogP contribution in [-0.2, 0) is 9.59 Å². The number of nitrogens with one attached hydrogen (secondary N) is 3. The van der Waals surface area contributed by atoms with Crippen LogP contribution in [0, 0.1) is 6.92 Å². The van der Waals surface area contributed by atoms with E-state index in [1.54, 1.807) is 60.7 Å². The lowest BCUT2D eigenvalue weighted by atomic mass is 10.1. The standard InChI is InChI=1S/C42H36N4O5S2/c1-27-14-17-29(18-15-27)35-26-52-42(45-35)46-41(49)38(30-10-6-4-7-11-30)53-33-21-19-32(20-22-33)43-40(48)34(44-39(47)31-12-8-5-9-13-31)24-28-16-23-36(50-2)37(25-28)51-3/h4-26,38H,1-3H3,(H,43,48)(H,44,47)(H,45,46,49)/b34-24-. The number of aryl methyl sites for hydroxylation is 1. The highest BCUT2D eigenvalue weighted by atomic mass is 32.2. The van der Waals surface area contributed by atoms with Gasteiger partial charge in [0.1, 0.15) is 10.9 Å². The first-order valence-electron chi connectivity index (χ1n) is 16.6. The van der Waals surface area contributed by atoms with Gasteiger partial charge in [-0.1, -0.05) is 84.4 Å². The number of methoxy groups -OCH3 is 2. The molecule has 0 fully saturated rings. The van der Waals surface area contributed by atoms with E-state index in [2.05, 4.69) is 20.9 Å². The number of amides is 3. The fourth-order valence-corrected chi connectivity index (χ4v) is 7.01. The summed E-state index contributed by atoms with van der Waals surface area (Å²) in [6.45, 7) is 2.03. The topological polar surface area (TPSA) is 119 Å². The van der Waals surface area contributed by atoms with Gasteiger partial charge in [-0.2, -0.15) is 0 Å². The molecule has 0 spiro atoms. The molecule has 0 aliphatic rings. The van der Waals surface area contributed by atoms with Gasteiger partial charge in [0, 0.05) is 27.1 Å². The third-order valence-corrected chi connectivity index (χ3v) is 10.1. The quantitative estimate of drug-likeness (QED) is 0.0799. The minimum Gasteiger partial charge on any atom is -0.493 e. The molecule has 9 nitrogen and oxygen atoms in total. The van der Waals surface area contributed by atoms with Crippen LogP contribution in [0.2, 0.25) is 0 Å². The fourth-order valence-electron chi connectivity index (χ4n) is 5.26. The molecule has 53 heavy (non-hydrogen) atoms. The van der Waals surface area contributed by atoms with Crippen molar-refractivity contribution in [3.63, 3.8) is 0 Å². The lowest BCUT2D eigenvalue weighted by Gasteiger charge is -2.17. The normalized spacial score (nSPS) is 11.6. The van der Waals surface area contributed by atoms with E-state index in [1.807, 2.05) is 85.1 Å². The Labute approximate surface area is 316 Å². The van der Waals surface area contributed by atoms with Crippen LogP contribution in [0.3, 0.4) is 0 Å². The Morgan fingerprint density at radius 2 is 1.45 bits per heavy atom. The Kier molecular flexibility index (Phi) is 12.0. The molecule has 1 unspecified atom stereocenters. The number of rotatable bonds is 13. The van der Waals surface area contributed by atoms with E-state index in [-0.39, 0.29) is 11.6 Å². The average molecular weight is 741 g/mol. The average Bonchev–Trinajstić information content (AvgIpc) is 3.66. The Balaban J connectivity index is 1.18. The number of carbonyl (C=O) groups excluding carboxylic acids is 3. The zero-order valence-corrected chi connectivity index (χ0v) is 30.8. The van der Waals surface area contributed by atoms with Gasteiger partial charge in [0.2, 0.25) is 5.91 Å². The lowest BCUT2D eigenvalue weighted by molar-refractivity contribution is -0.116. The van der Waals surface area contributed by atoms with Crippen molar-refractivity contribution in [1.82, 2.24) is 10.3 Å². The first-order valence-corrected chi connectivity index (χ1v) is 18.3. The summed E-state index contributed by atoms with van der Waals surface area (Å²) in [5.41, 5.74) is 5.32. The van der Waals surface area contributed by atoms with Crippen molar-refractivity contribution in [2.75, 3.05) is 24.9 Å². The largest absolute Gasteiger partial charge is 0.493 e. The van der Waals surface area contributed by atoms with Gasteiger partial charge in [-0.25, -0.2) is 4.98 Å². The maximum atomic E-state index is 13.7. The van der Waals surface area contributed by atoms with E-state index in [9.17, 15) is 14.4 Å². The van der Waals surface area contributed by atoms with Gasteiger partial charge in [-0.15, -0.1) is 23.1 Å². The molecule has 6 rings (SSSR count). The molecule has 6 aromatic rings. The molecule has 266 valence electrons.